The van der Waals surface area contributed by atoms with Crippen LogP contribution < -0.4 is 10.6 Å². The van der Waals surface area contributed by atoms with Crippen LogP contribution in [0, 0.1) is 0 Å². The number of carbonyl (C=O) groups is 2. The predicted molar refractivity (Wildman–Crippen MR) is 100 cm³/mol. The average Bonchev–Trinajstić information content (AvgIpc) is 3.05. The number of nitrogens with zero attached hydrogens (tertiary/aromatic N) is 1. The Kier molecular flexibility index (Phi) is 5.86. The number of anilines is 2. The lowest BCUT2D eigenvalue weighted by Gasteiger charge is -2.20. The Balaban J connectivity index is 1.58. The number of aliphatic hydroxyl groups is 1. The number of hydrogen-bond acceptors (Lipinski definition) is 4. The molecule has 1 unspecified atom stereocenters. The summed E-state index contributed by atoms with van der Waals surface area (Å²) in [5, 5.41) is 16.1. The number of carbonyl (C=O) groups excluding carboxylic acids is 2. The van der Waals surface area contributed by atoms with Crippen LogP contribution in [0.2, 0.25) is 0 Å². The Hall–Kier alpha value is -2.86. The first kappa shape index (κ1) is 17.9. The van der Waals surface area contributed by atoms with Crippen LogP contribution in [0.5, 0.6) is 0 Å². The summed E-state index contributed by atoms with van der Waals surface area (Å²) in [5.74, 6) is -0.205. The number of amides is 2. The fourth-order valence-electron chi connectivity index (χ4n) is 2.99. The van der Waals surface area contributed by atoms with Gasteiger partial charge in [-0.1, -0.05) is 30.3 Å². The molecule has 1 heterocycles. The zero-order chi connectivity index (χ0) is 18.4. The van der Waals surface area contributed by atoms with Crippen LogP contribution in [0.1, 0.15) is 23.2 Å². The van der Waals surface area contributed by atoms with E-state index in [-0.39, 0.29) is 24.9 Å². The summed E-state index contributed by atoms with van der Waals surface area (Å²) >= 11 is 0. The van der Waals surface area contributed by atoms with Crippen LogP contribution in [-0.2, 0) is 4.79 Å². The van der Waals surface area contributed by atoms with E-state index in [1.54, 1.807) is 17.0 Å². The van der Waals surface area contributed by atoms with Crippen LogP contribution in [0.15, 0.2) is 54.6 Å². The van der Waals surface area contributed by atoms with Crippen molar-refractivity contribution in [2.75, 3.05) is 25.0 Å². The van der Waals surface area contributed by atoms with Gasteiger partial charge < -0.3 is 20.6 Å². The Morgan fingerprint density at radius 2 is 1.85 bits per heavy atom. The monoisotopic (exact) mass is 353 g/mol. The molecule has 0 bridgehead atoms. The Labute approximate surface area is 152 Å². The molecule has 26 heavy (non-hydrogen) atoms. The third-order valence-electron chi connectivity index (χ3n) is 4.33. The van der Waals surface area contributed by atoms with E-state index in [1.165, 1.54) is 0 Å². The van der Waals surface area contributed by atoms with Crippen molar-refractivity contribution in [3.63, 3.8) is 0 Å². The van der Waals surface area contributed by atoms with E-state index in [9.17, 15) is 14.7 Å². The predicted octanol–water partition coefficient (Wildman–Crippen LogP) is 2.14. The highest BCUT2D eigenvalue weighted by Crippen LogP contribution is 2.20. The van der Waals surface area contributed by atoms with Crippen LogP contribution in [0.4, 0.5) is 11.4 Å². The van der Waals surface area contributed by atoms with Gasteiger partial charge in [-0.2, -0.15) is 0 Å². The van der Waals surface area contributed by atoms with Gasteiger partial charge in [0.25, 0.3) is 5.91 Å². The molecule has 0 saturated carbocycles. The molecule has 2 amide bonds. The first-order chi connectivity index (χ1) is 12.6. The van der Waals surface area contributed by atoms with Crippen molar-refractivity contribution in [2.45, 2.75) is 18.9 Å². The third-order valence-corrected chi connectivity index (χ3v) is 4.33. The number of rotatable bonds is 7. The molecule has 1 aliphatic heterocycles. The first-order valence-corrected chi connectivity index (χ1v) is 8.78. The first-order valence-electron chi connectivity index (χ1n) is 8.78. The zero-order valence-corrected chi connectivity index (χ0v) is 14.5. The van der Waals surface area contributed by atoms with Gasteiger partial charge >= 0.3 is 0 Å². The summed E-state index contributed by atoms with van der Waals surface area (Å²) in [6.45, 7) is 1.03. The summed E-state index contributed by atoms with van der Waals surface area (Å²) in [5.41, 5.74) is 2.08. The van der Waals surface area contributed by atoms with Crippen molar-refractivity contribution in [1.82, 2.24) is 10.2 Å². The number of aliphatic hydroxyl groups excluding tert-OH is 1. The molecule has 3 rings (SSSR count). The number of hydrogen-bond donors (Lipinski definition) is 3. The van der Waals surface area contributed by atoms with E-state index in [0.29, 0.717) is 24.2 Å². The maximum atomic E-state index is 12.5. The molecule has 136 valence electrons. The lowest BCUT2D eigenvalue weighted by atomic mass is 10.1. The highest BCUT2D eigenvalue weighted by molar-refractivity contribution is 6.00. The summed E-state index contributed by atoms with van der Waals surface area (Å²) in [6, 6.07) is 16.8. The van der Waals surface area contributed by atoms with Crippen molar-refractivity contribution in [3.05, 3.63) is 60.2 Å². The standard InChI is InChI=1S/C20H23N3O3/c24-16(14-23-12-6-11-19(23)25)13-21-20(26)17-9-4-5-10-18(17)22-15-7-2-1-3-8-15/h1-5,7-10,16,22,24H,6,11-14H2,(H,21,26). The van der Waals surface area contributed by atoms with Gasteiger partial charge in [0, 0.05) is 31.7 Å². The van der Waals surface area contributed by atoms with Crippen molar-refractivity contribution in [2.24, 2.45) is 0 Å². The van der Waals surface area contributed by atoms with E-state index in [1.807, 2.05) is 42.5 Å². The Morgan fingerprint density at radius 1 is 1.12 bits per heavy atom. The molecule has 0 spiro atoms. The second-order valence-corrected chi connectivity index (χ2v) is 6.34. The molecule has 2 aromatic carbocycles. The molecule has 1 saturated heterocycles. The fraction of sp³-hybridized carbons (Fsp3) is 0.300. The number of likely N-dealkylation sites (tertiary alicyclic amines) is 1. The molecule has 2 aromatic rings. The van der Waals surface area contributed by atoms with Crippen molar-refractivity contribution >= 4 is 23.2 Å². The maximum Gasteiger partial charge on any atom is 0.253 e. The topological polar surface area (TPSA) is 81.7 Å². The third kappa shape index (κ3) is 4.61. The minimum absolute atomic E-state index is 0.0628. The minimum Gasteiger partial charge on any atom is -0.389 e. The lowest BCUT2D eigenvalue weighted by molar-refractivity contribution is -0.128. The lowest BCUT2D eigenvalue weighted by Crippen LogP contribution is -2.40. The average molecular weight is 353 g/mol. The summed E-state index contributed by atoms with van der Waals surface area (Å²) in [4.78, 5) is 25.8. The second-order valence-electron chi connectivity index (χ2n) is 6.34. The van der Waals surface area contributed by atoms with E-state index in [0.717, 1.165) is 12.1 Å². The number of benzene rings is 2. The van der Waals surface area contributed by atoms with Crippen LogP contribution >= 0.6 is 0 Å². The van der Waals surface area contributed by atoms with Crippen LogP contribution in [0.3, 0.4) is 0 Å². The van der Waals surface area contributed by atoms with Gasteiger partial charge in [-0.25, -0.2) is 0 Å². The van der Waals surface area contributed by atoms with Gasteiger partial charge in [0.1, 0.15) is 0 Å². The molecular weight excluding hydrogens is 330 g/mol. The second kappa shape index (κ2) is 8.49. The highest BCUT2D eigenvalue weighted by atomic mass is 16.3. The van der Waals surface area contributed by atoms with Crippen LogP contribution in [0.25, 0.3) is 0 Å². The summed E-state index contributed by atoms with van der Waals surface area (Å²) in [7, 11) is 0. The maximum absolute atomic E-state index is 12.5. The summed E-state index contributed by atoms with van der Waals surface area (Å²) in [6.07, 6.45) is 0.587. The SMILES string of the molecule is O=C(NCC(O)CN1CCCC1=O)c1ccccc1Nc1ccccc1. The van der Waals surface area contributed by atoms with Crippen molar-refractivity contribution in [1.29, 1.82) is 0 Å². The van der Waals surface area contributed by atoms with Gasteiger partial charge in [-0.15, -0.1) is 0 Å². The number of β-amino-alcohol motifs (C(OH)–C–C–N with tert-alkyl or cyclic N) is 1. The van der Waals surface area contributed by atoms with Gasteiger partial charge in [0.15, 0.2) is 0 Å². The smallest absolute Gasteiger partial charge is 0.253 e. The quantitative estimate of drug-likeness (QED) is 0.712. The molecule has 0 aromatic heterocycles. The van der Waals surface area contributed by atoms with Crippen LogP contribution in [-0.4, -0.2) is 47.6 Å². The normalized spacial score (nSPS) is 15.0. The van der Waals surface area contributed by atoms with Gasteiger partial charge in [-0.05, 0) is 30.7 Å². The molecule has 1 fully saturated rings. The molecule has 0 aliphatic carbocycles. The van der Waals surface area contributed by atoms with E-state index in [4.69, 9.17) is 0 Å². The molecule has 6 nitrogen and oxygen atoms in total. The minimum atomic E-state index is -0.782. The van der Waals surface area contributed by atoms with Gasteiger partial charge in [0.2, 0.25) is 5.91 Å². The van der Waals surface area contributed by atoms with Gasteiger partial charge in [0.05, 0.1) is 17.4 Å². The van der Waals surface area contributed by atoms with E-state index in [2.05, 4.69) is 10.6 Å². The molecule has 3 N–H and O–H groups in total. The zero-order valence-electron chi connectivity index (χ0n) is 14.5. The summed E-state index contributed by atoms with van der Waals surface area (Å²) < 4.78 is 0. The molecular formula is C20H23N3O3. The molecule has 6 heteroatoms. The Bertz CT molecular complexity index is 764. The highest BCUT2D eigenvalue weighted by Gasteiger charge is 2.23. The Morgan fingerprint density at radius 3 is 2.58 bits per heavy atom. The van der Waals surface area contributed by atoms with Crippen molar-refractivity contribution < 1.29 is 14.7 Å². The number of nitrogens with one attached hydrogen (secondary N) is 2. The largest absolute Gasteiger partial charge is 0.389 e. The van der Waals surface area contributed by atoms with E-state index < -0.39 is 6.10 Å². The molecule has 1 aliphatic rings. The van der Waals surface area contributed by atoms with Crippen molar-refractivity contribution in [3.8, 4) is 0 Å². The van der Waals surface area contributed by atoms with Gasteiger partial charge in [-0.3, -0.25) is 9.59 Å². The molecule has 1 atom stereocenters. The fourth-order valence-corrected chi connectivity index (χ4v) is 2.99. The van der Waals surface area contributed by atoms with E-state index >= 15 is 0 Å². The molecule has 0 radical (unpaired) electrons. The number of para-hydroxylation sites is 2.